The number of rotatable bonds is 3. The highest BCUT2D eigenvalue weighted by molar-refractivity contribution is 7.91. The van der Waals surface area contributed by atoms with E-state index < -0.39 is 9.84 Å². The Bertz CT molecular complexity index is 685. The van der Waals surface area contributed by atoms with Gasteiger partial charge in [-0.25, -0.2) is 8.42 Å². The van der Waals surface area contributed by atoms with Crippen LogP contribution in [-0.4, -0.2) is 49.0 Å². The zero-order valence-electron chi connectivity index (χ0n) is 12.4. The normalized spacial score (nSPS) is 21.5. The van der Waals surface area contributed by atoms with Crippen molar-refractivity contribution in [2.75, 3.05) is 23.5 Å². The first-order chi connectivity index (χ1) is 9.75. The van der Waals surface area contributed by atoms with Crippen molar-refractivity contribution in [3.05, 3.63) is 23.0 Å². The highest BCUT2D eigenvalue weighted by Gasteiger charge is 2.32. The molecule has 0 radical (unpaired) electrons. The van der Waals surface area contributed by atoms with E-state index in [-0.39, 0.29) is 23.4 Å². The Morgan fingerprint density at radius 3 is 2.71 bits per heavy atom. The lowest BCUT2D eigenvalue weighted by molar-refractivity contribution is 0.318. The van der Waals surface area contributed by atoms with Gasteiger partial charge in [0.15, 0.2) is 15.7 Å². The van der Waals surface area contributed by atoms with Gasteiger partial charge < -0.3 is 15.8 Å². The number of sulfone groups is 1. The second-order valence-corrected chi connectivity index (χ2v) is 7.62. The lowest BCUT2D eigenvalue weighted by atomic mass is 10.1. The van der Waals surface area contributed by atoms with E-state index in [1.807, 2.05) is 24.9 Å². The minimum Gasteiger partial charge on any atom is -0.409 e. The van der Waals surface area contributed by atoms with Gasteiger partial charge in [0.05, 0.1) is 28.5 Å². The lowest BCUT2D eigenvalue weighted by Gasteiger charge is -2.28. The van der Waals surface area contributed by atoms with Gasteiger partial charge in [-0.05, 0) is 26.3 Å². The molecule has 116 valence electrons. The third-order valence-electron chi connectivity index (χ3n) is 3.81. The first-order valence-electron chi connectivity index (χ1n) is 6.64. The molecule has 7 nitrogen and oxygen atoms in total. The van der Waals surface area contributed by atoms with Gasteiger partial charge in [-0.1, -0.05) is 5.16 Å². The molecule has 1 aromatic heterocycles. The van der Waals surface area contributed by atoms with Gasteiger partial charge >= 0.3 is 0 Å². The Labute approximate surface area is 124 Å². The topological polar surface area (TPSA) is 109 Å². The summed E-state index contributed by atoms with van der Waals surface area (Å²) in [7, 11) is -1.15. The first kappa shape index (κ1) is 15.6. The van der Waals surface area contributed by atoms with Crippen LogP contribution in [0, 0.1) is 13.8 Å². The van der Waals surface area contributed by atoms with E-state index in [1.165, 1.54) is 0 Å². The summed E-state index contributed by atoms with van der Waals surface area (Å²) in [6, 6.07) is 1.71. The minimum absolute atomic E-state index is 0.0253. The Kier molecular flexibility index (Phi) is 4.08. The molecular formula is C13H20N4O3S. The van der Waals surface area contributed by atoms with Crippen LogP contribution < -0.4 is 10.6 Å². The van der Waals surface area contributed by atoms with Gasteiger partial charge in [0.25, 0.3) is 0 Å². The summed E-state index contributed by atoms with van der Waals surface area (Å²) in [5.41, 5.74) is 8.46. The first-order valence-corrected chi connectivity index (χ1v) is 8.46. The quantitative estimate of drug-likeness (QED) is 0.362. The molecular weight excluding hydrogens is 292 g/mol. The zero-order valence-corrected chi connectivity index (χ0v) is 13.2. The van der Waals surface area contributed by atoms with Crippen LogP contribution in [0.2, 0.25) is 0 Å². The van der Waals surface area contributed by atoms with Crippen LogP contribution >= 0.6 is 0 Å². The predicted octanol–water partition coefficient (Wildman–Crippen LogP) is 0.416. The van der Waals surface area contributed by atoms with Gasteiger partial charge in [0, 0.05) is 18.8 Å². The van der Waals surface area contributed by atoms with Crippen LogP contribution in [-0.2, 0) is 9.84 Å². The molecule has 2 rings (SSSR count). The number of hydrogen-bond donors (Lipinski definition) is 2. The number of nitrogens with two attached hydrogens (primary N) is 1. The van der Waals surface area contributed by atoms with Crippen molar-refractivity contribution in [1.29, 1.82) is 0 Å². The third kappa shape index (κ3) is 3.10. The summed E-state index contributed by atoms with van der Waals surface area (Å²) in [5, 5.41) is 12.0. The highest BCUT2D eigenvalue weighted by atomic mass is 32.2. The molecule has 0 saturated carbocycles. The molecule has 21 heavy (non-hydrogen) atoms. The second-order valence-electron chi connectivity index (χ2n) is 5.40. The van der Waals surface area contributed by atoms with Crippen LogP contribution in [0.25, 0.3) is 0 Å². The predicted molar refractivity (Wildman–Crippen MR) is 81.7 cm³/mol. The summed E-state index contributed by atoms with van der Waals surface area (Å²) in [5.74, 6) is 0.298. The van der Waals surface area contributed by atoms with Crippen LogP contribution in [0.3, 0.4) is 0 Å². The molecule has 0 bridgehead atoms. The van der Waals surface area contributed by atoms with Crippen molar-refractivity contribution < 1.29 is 13.6 Å². The number of aryl methyl sites for hydroxylation is 2. The average Bonchev–Trinajstić information content (AvgIpc) is 2.76. The van der Waals surface area contributed by atoms with Crippen molar-refractivity contribution in [1.82, 2.24) is 4.98 Å². The molecule has 1 aliphatic rings. The third-order valence-corrected chi connectivity index (χ3v) is 5.56. The Hall–Kier alpha value is -1.83. The van der Waals surface area contributed by atoms with Crippen molar-refractivity contribution in [2.24, 2.45) is 10.9 Å². The van der Waals surface area contributed by atoms with E-state index in [1.54, 1.807) is 6.92 Å². The number of anilines is 1. The van der Waals surface area contributed by atoms with E-state index in [4.69, 9.17) is 10.9 Å². The number of pyridine rings is 1. The highest BCUT2D eigenvalue weighted by Crippen LogP contribution is 2.28. The standard InChI is InChI=1S/C13H20N4O3S/c1-8-6-11(12(9(2)15-8)13(14)16-18)17(3)10-4-5-21(19,20)7-10/h6,10,18H,4-5,7H2,1-3H3,(H2,14,16). The summed E-state index contributed by atoms with van der Waals surface area (Å²) in [6.45, 7) is 3.63. The Morgan fingerprint density at radius 1 is 1.52 bits per heavy atom. The van der Waals surface area contributed by atoms with Gasteiger partial charge in [-0.3, -0.25) is 4.98 Å². The maximum absolute atomic E-state index is 11.7. The largest absolute Gasteiger partial charge is 0.409 e. The molecule has 1 saturated heterocycles. The number of oxime groups is 1. The van der Waals surface area contributed by atoms with Gasteiger partial charge in [0.2, 0.25) is 0 Å². The van der Waals surface area contributed by atoms with Crippen LogP contribution in [0.1, 0.15) is 23.4 Å². The van der Waals surface area contributed by atoms with Crippen LogP contribution in [0.5, 0.6) is 0 Å². The van der Waals surface area contributed by atoms with E-state index >= 15 is 0 Å². The monoisotopic (exact) mass is 312 g/mol. The van der Waals surface area contributed by atoms with Crippen molar-refractivity contribution >= 4 is 21.4 Å². The van der Waals surface area contributed by atoms with E-state index in [9.17, 15) is 8.42 Å². The molecule has 1 atom stereocenters. The lowest BCUT2D eigenvalue weighted by Crippen LogP contribution is -2.35. The van der Waals surface area contributed by atoms with Crippen molar-refractivity contribution in [3.8, 4) is 0 Å². The van der Waals surface area contributed by atoms with Crippen LogP contribution in [0.15, 0.2) is 11.2 Å². The molecule has 0 spiro atoms. The number of nitrogens with zero attached hydrogens (tertiary/aromatic N) is 3. The zero-order chi connectivity index (χ0) is 15.8. The summed E-state index contributed by atoms with van der Waals surface area (Å²) in [4.78, 5) is 6.21. The molecule has 0 aliphatic carbocycles. The second kappa shape index (κ2) is 5.51. The molecule has 1 aliphatic heterocycles. The number of amidine groups is 1. The maximum atomic E-state index is 11.7. The Morgan fingerprint density at radius 2 is 2.19 bits per heavy atom. The molecule has 1 fully saturated rings. The van der Waals surface area contributed by atoms with E-state index in [2.05, 4.69) is 10.1 Å². The summed E-state index contributed by atoms with van der Waals surface area (Å²) >= 11 is 0. The van der Waals surface area contributed by atoms with Gasteiger partial charge in [-0.15, -0.1) is 0 Å². The summed E-state index contributed by atoms with van der Waals surface area (Å²) in [6.07, 6.45) is 0.578. The smallest absolute Gasteiger partial charge is 0.174 e. The Balaban J connectivity index is 2.48. The van der Waals surface area contributed by atoms with Gasteiger partial charge in [0.1, 0.15) is 0 Å². The number of aromatic nitrogens is 1. The van der Waals surface area contributed by atoms with Crippen LogP contribution in [0.4, 0.5) is 5.69 Å². The molecule has 3 N–H and O–H groups in total. The molecule has 8 heteroatoms. The summed E-state index contributed by atoms with van der Waals surface area (Å²) < 4.78 is 23.3. The fourth-order valence-corrected chi connectivity index (χ4v) is 4.50. The number of hydrogen-bond acceptors (Lipinski definition) is 6. The minimum atomic E-state index is -2.98. The van der Waals surface area contributed by atoms with E-state index in [0.29, 0.717) is 17.7 Å². The average molecular weight is 312 g/mol. The SMILES string of the molecule is Cc1cc(N(C)C2CCS(=O)(=O)C2)c(/C(N)=N/O)c(C)n1. The fourth-order valence-electron chi connectivity index (χ4n) is 2.73. The van der Waals surface area contributed by atoms with Crippen molar-refractivity contribution in [3.63, 3.8) is 0 Å². The van der Waals surface area contributed by atoms with E-state index in [0.717, 1.165) is 11.4 Å². The van der Waals surface area contributed by atoms with Crippen molar-refractivity contribution in [2.45, 2.75) is 26.3 Å². The molecule has 0 aromatic carbocycles. The molecule has 2 heterocycles. The van der Waals surface area contributed by atoms with Gasteiger partial charge in [-0.2, -0.15) is 0 Å². The molecule has 0 amide bonds. The molecule has 1 aromatic rings. The maximum Gasteiger partial charge on any atom is 0.174 e. The fraction of sp³-hybridized carbons (Fsp3) is 0.538. The molecule has 1 unspecified atom stereocenters.